The number of fused-ring (bicyclic) bond motifs is 1. The van der Waals surface area contributed by atoms with Crippen LogP contribution in [0.4, 0.5) is 10.2 Å². The molecule has 1 fully saturated rings. The van der Waals surface area contributed by atoms with E-state index in [0.717, 1.165) is 41.3 Å². The third-order valence-corrected chi connectivity index (χ3v) is 6.81. The molecular formula is C28H24ClFN4O2. The number of hydrogen-bond acceptors (Lipinski definition) is 6. The van der Waals surface area contributed by atoms with E-state index in [9.17, 15) is 14.3 Å². The molecule has 0 bridgehead atoms. The standard InChI is InChI=1S/C28H24ClFN4O2/c1-18-6-2-3-7-19(18)27-20-16-22(26-24(30)8-4-9-25(26)36)23(29)17-21(20)28(32-31-27)34-13-11-33(12-14-34)10-5-15-35/h2-10,15-17,36H,11-14H2,1H3. The number of carbonyl (C=O) groups excluding carboxylic acids is 1. The van der Waals surface area contributed by atoms with E-state index < -0.39 is 5.82 Å². The number of aryl methyl sites for hydroxylation is 1. The summed E-state index contributed by atoms with van der Waals surface area (Å²) in [6.45, 7) is 4.82. The average Bonchev–Trinajstić information content (AvgIpc) is 2.88. The second-order valence-corrected chi connectivity index (χ2v) is 9.11. The molecule has 0 unspecified atom stereocenters. The van der Waals surface area contributed by atoms with Gasteiger partial charge in [0.1, 0.15) is 23.5 Å². The smallest absolute Gasteiger partial charge is 0.159 e. The van der Waals surface area contributed by atoms with Crippen molar-refractivity contribution in [2.24, 2.45) is 0 Å². The van der Waals surface area contributed by atoms with Crippen molar-refractivity contribution in [3.05, 3.63) is 83.3 Å². The molecule has 1 aromatic heterocycles. The van der Waals surface area contributed by atoms with Gasteiger partial charge >= 0.3 is 0 Å². The minimum Gasteiger partial charge on any atom is -0.507 e. The molecule has 0 aliphatic carbocycles. The highest BCUT2D eigenvalue weighted by atomic mass is 35.5. The summed E-state index contributed by atoms with van der Waals surface area (Å²) in [4.78, 5) is 14.9. The normalized spacial score (nSPS) is 14.1. The maximum Gasteiger partial charge on any atom is 0.159 e. The molecule has 0 atom stereocenters. The lowest BCUT2D eigenvalue weighted by molar-refractivity contribution is -0.104. The number of nitrogens with zero attached hydrogens (tertiary/aromatic N) is 4. The minimum absolute atomic E-state index is 0.0501. The molecular weight excluding hydrogens is 479 g/mol. The third-order valence-electron chi connectivity index (χ3n) is 6.50. The molecule has 182 valence electrons. The van der Waals surface area contributed by atoms with Crippen LogP contribution < -0.4 is 4.90 Å². The molecule has 0 spiro atoms. The number of benzene rings is 3. The van der Waals surface area contributed by atoms with Crippen molar-refractivity contribution in [2.45, 2.75) is 6.92 Å². The van der Waals surface area contributed by atoms with Crippen LogP contribution in [0.25, 0.3) is 33.2 Å². The van der Waals surface area contributed by atoms with Crippen LogP contribution in [0.15, 0.2) is 66.9 Å². The van der Waals surface area contributed by atoms with Gasteiger partial charge in [0.15, 0.2) is 5.82 Å². The summed E-state index contributed by atoms with van der Waals surface area (Å²) < 4.78 is 14.8. The van der Waals surface area contributed by atoms with Gasteiger partial charge in [0, 0.05) is 59.3 Å². The number of rotatable bonds is 5. The van der Waals surface area contributed by atoms with Crippen LogP contribution in [0.3, 0.4) is 0 Å². The van der Waals surface area contributed by atoms with Gasteiger partial charge < -0.3 is 14.9 Å². The average molecular weight is 503 g/mol. The van der Waals surface area contributed by atoms with Crippen LogP contribution in [0.2, 0.25) is 5.02 Å². The van der Waals surface area contributed by atoms with E-state index in [1.54, 1.807) is 18.3 Å². The quantitative estimate of drug-likeness (QED) is 0.283. The molecule has 6 nitrogen and oxygen atoms in total. The number of anilines is 1. The van der Waals surface area contributed by atoms with Gasteiger partial charge in [-0.2, -0.15) is 0 Å². The van der Waals surface area contributed by atoms with Crippen LogP contribution in [0.5, 0.6) is 5.75 Å². The molecule has 1 aliphatic rings. The number of piperazine rings is 1. The number of phenolic OH excluding ortho intramolecular Hbond substituents is 1. The zero-order valence-electron chi connectivity index (χ0n) is 19.7. The zero-order chi connectivity index (χ0) is 25.2. The fourth-order valence-electron chi connectivity index (χ4n) is 4.64. The van der Waals surface area contributed by atoms with Crippen LogP contribution in [0.1, 0.15) is 5.56 Å². The van der Waals surface area contributed by atoms with Crippen molar-refractivity contribution in [1.29, 1.82) is 0 Å². The highest BCUT2D eigenvalue weighted by Crippen LogP contribution is 2.42. The Morgan fingerprint density at radius 3 is 2.47 bits per heavy atom. The first-order valence-electron chi connectivity index (χ1n) is 11.6. The molecule has 36 heavy (non-hydrogen) atoms. The summed E-state index contributed by atoms with van der Waals surface area (Å²) in [7, 11) is 0. The summed E-state index contributed by atoms with van der Waals surface area (Å²) in [6.07, 6.45) is 4.04. The molecule has 0 saturated carbocycles. The number of aromatic nitrogens is 2. The van der Waals surface area contributed by atoms with Crippen LogP contribution >= 0.6 is 11.6 Å². The lowest BCUT2D eigenvalue weighted by Gasteiger charge is -2.35. The fourth-order valence-corrected chi connectivity index (χ4v) is 4.90. The lowest BCUT2D eigenvalue weighted by atomic mass is 9.96. The van der Waals surface area contributed by atoms with Gasteiger partial charge in [-0.15, -0.1) is 10.2 Å². The molecule has 4 aromatic rings. The SMILES string of the molecule is Cc1ccccc1-c1nnc(N2CCN(C=CC=O)CC2)c2cc(Cl)c(-c3c(O)cccc3F)cc12. The number of aromatic hydroxyl groups is 1. The number of allylic oxidation sites excluding steroid dienone is 1. The summed E-state index contributed by atoms with van der Waals surface area (Å²) >= 11 is 6.71. The molecule has 1 saturated heterocycles. The second-order valence-electron chi connectivity index (χ2n) is 8.70. The van der Waals surface area contributed by atoms with Gasteiger partial charge in [0.05, 0.1) is 5.56 Å². The van der Waals surface area contributed by atoms with Crippen molar-refractivity contribution in [1.82, 2.24) is 15.1 Å². The highest BCUT2D eigenvalue weighted by molar-refractivity contribution is 6.34. The topological polar surface area (TPSA) is 69.6 Å². The molecule has 5 rings (SSSR count). The molecule has 8 heteroatoms. The first-order valence-corrected chi connectivity index (χ1v) is 12.0. The Hall–Kier alpha value is -3.97. The van der Waals surface area contributed by atoms with Crippen molar-refractivity contribution in [2.75, 3.05) is 31.1 Å². The molecule has 3 aromatic carbocycles. The van der Waals surface area contributed by atoms with Gasteiger partial charge in [-0.05, 0) is 42.8 Å². The van der Waals surface area contributed by atoms with E-state index in [1.807, 2.05) is 31.2 Å². The Balaban J connectivity index is 1.69. The van der Waals surface area contributed by atoms with E-state index in [-0.39, 0.29) is 11.3 Å². The molecule has 1 aliphatic heterocycles. The first-order chi connectivity index (χ1) is 17.5. The Kier molecular flexibility index (Phi) is 6.57. The Labute approximate surface area is 213 Å². The van der Waals surface area contributed by atoms with Gasteiger partial charge in [-0.3, -0.25) is 4.79 Å². The summed E-state index contributed by atoms with van der Waals surface area (Å²) in [6, 6.07) is 15.6. The summed E-state index contributed by atoms with van der Waals surface area (Å²) in [5.41, 5.74) is 3.04. The van der Waals surface area contributed by atoms with E-state index in [0.29, 0.717) is 35.2 Å². The number of hydrogen-bond donors (Lipinski definition) is 1. The number of halogens is 2. The van der Waals surface area contributed by atoms with Crippen molar-refractivity contribution in [3.63, 3.8) is 0 Å². The van der Waals surface area contributed by atoms with Gasteiger partial charge in [0.2, 0.25) is 0 Å². The van der Waals surface area contributed by atoms with Crippen LogP contribution in [-0.4, -0.2) is 52.7 Å². The van der Waals surface area contributed by atoms with Crippen LogP contribution in [0, 0.1) is 12.7 Å². The number of phenols is 1. The third kappa shape index (κ3) is 4.38. The van der Waals surface area contributed by atoms with Crippen molar-refractivity contribution < 1.29 is 14.3 Å². The van der Waals surface area contributed by atoms with Crippen molar-refractivity contribution in [3.8, 4) is 28.1 Å². The van der Waals surface area contributed by atoms with Gasteiger partial charge in [0.25, 0.3) is 0 Å². The van der Waals surface area contributed by atoms with Crippen molar-refractivity contribution >= 4 is 34.5 Å². The Morgan fingerprint density at radius 2 is 1.75 bits per heavy atom. The zero-order valence-corrected chi connectivity index (χ0v) is 20.4. The monoisotopic (exact) mass is 502 g/mol. The second kappa shape index (κ2) is 9.95. The predicted molar refractivity (Wildman–Crippen MR) is 141 cm³/mol. The highest BCUT2D eigenvalue weighted by Gasteiger charge is 2.23. The largest absolute Gasteiger partial charge is 0.507 e. The van der Waals surface area contributed by atoms with Gasteiger partial charge in [-0.1, -0.05) is 41.9 Å². The number of aldehydes is 1. The Morgan fingerprint density at radius 1 is 0.972 bits per heavy atom. The number of carbonyl (C=O) groups is 1. The van der Waals surface area contributed by atoms with Crippen LogP contribution in [-0.2, 0) is 4.79 Å². The Bertz CT molecular complexity index is 1460. The maximum atomic E-state index is 14.8. The fraction of sp³-hybridized carbons (Fsp3) is 0.179. The first kappa shape index (κ1) is 23.8. The molecule has 2 heterocycles. The summed E-state index contributed by atoms with van der Waals surface area (Å²) in [5, 5.41) is 21.6. The van der Waals surface area contributed by atoms with E-state index in [4.69, 9.17) is 11.6 Å². The molecule has 0 amide bonds. The van der Waals surface area contributed by atoms with E-state index >= 15 is 0 Å². The van der Waals surface area contributed by atoms with E-state index in [1.165, 1.54) is 24.3 Å². The molecule has 0 radical (unpaired) electrons. The maximum absolute atomic E-state index is 14.8. The van der Waals surface area contributed by atoms with Gasteiger partial charge in [-0.25, -0.2) is 4.39 Å². The molecule has 1 N–H and O–H groups in total. The predicted octanol–water partition coefficient (Wildman–Crippen LogP) is 5.60. The summed E-state index contributed by atoms with van der Waals surface area (Å²) in [5.74, 6) is -0.0570. The lowest BCUT2D eigenvalue weighted by Crippen LogP contribution is -2.44. The minimum atomic E-state index is -0.560. The van der Waals surface area contributed by atoms with E-state index in [2.05, 4.69) is 20.0 Å².